The number of hydrogen-bond donors (Lipinski definition) is 2. The zero-order chi connectivity index (χ0) is 13.5. The summed E-state index contributed by atoms with van der Waals surface area (Å²) < 4.78 is 5.23. The van der Waals surface area contributed by atoms with Crippen LogP contribution < -0.4 is 5.73 Å². The van der Waals surface area contributed by atoms with Crippen molar-refractivity contribution in [3.63, 3.8) is 0 Å². The molecule has 18 heavy (non-hydrogen) atoms. The van der Waals surface area contributed by atoms with Crippen LogP contribution in [0.3, 0.4) is 0 Å². The number of nitrogens with two attached hydrogens (primary N) is 1. The Bertz CT molecular complexity index is 294. The molecule has 1 aliphatic rings. The van der Waals surface area contributed by atoms with Crippen molar-refractivity contribution < 1.29 is 19.4 Å². The van der Waals surface area contributed by atoms with Crippen LogP contribution in [-0.4, -0.2) is 53.7 Å². The Morgan fingerprint density at radius 3 is 2.89 bits per heavy atom. The normalized spacial score (nSPS) is 21.7. The second kappa shape index (κ2) is 7.33. The van der Waals surface area contributed by atoms with E-state index in [9.17, 15) is 9.59 Å². The number of hydrogen-bond acceptors (Lipinski definition) is 4. The highest BCUT2D eigenvalue weighted by molar-refractivity contribution is 5.77. The first-order valence-corrected chi connectivity index (χ1v) is 6.35. The maximum absolute atomic E-state index is 12.0. The van der Waals surface area contributed by atoms with Crippen LogP contribution >= 0.6 is 0 Å². The van der Waals surface area contributed by atoms with Crippen LogP contribution in [0.25, 0.3) is 0 Å². The smallest absolute Gasteiger partial charge is 0.305 e. The quantitative estimate of drug-likeness (QED) is 0.710. The molecule has 1 saturated heterocycles. The summed E-state index contributed by atoms with van der Waals surface area (Å²) in [7, 11) is 0. The van der Waals surface area contributed by atoms with Gasteiger partial charge in [-0.2, -0.15) is 0 Å². The number of carboxylic acids is 1. The maximum atomic E-state index is 12.0. The van der Waals surface area contributed by atoms with Gasteiger partial charge in [-0.15, -0.1) is 0 Å². The Labute approximate surface area is 107 Å². The third-order valence-electron chi connectivity index (χ3n) is 3.01. The van der Waals surface area contributed by atoms with E-state index in [1.165, 1.54) is 0 Å². The molecule has 6 nitrogen and oxygen atoms in total. The predicted molar refractivity (Wildman–Crippen MR) is 66.1 cm³/mol. The fourth-order valence-corrected chi connectivity index (χ4v) is 2.07. The molecule has 0 aromatic rings. The Kier molecular flexibility index (Phi) is 6.07. The zero-order valence-corrected chi connectivity index (χ0v) is 10.8. The Morgan fingerprint density at radius 1 is 1.56 bits per heavy atom. The Hall–Kier alpha value is -1.14. The average molecular weight is 258 g/mol. The monoisotopic (exact) mass is 258 g/mol. The van der Waals surface area contributed by atoms with Crippen LogP contribution in [-0.2, 0) is 14.3 Å². The number of carbonyl (C=O) groups is 2. The lowest BCUT2D eigenvalue weighted by molar-refractivity contribution is -0.146. The van der Waals surface area contributed by atoms with Crippen molar-refractivity contribution in [3.8, 4) is 0 Å². The highest BCUT2D eigenvalue weighted by Gasteiger charge is 2.28. The van der Waals surface area contributed by atoms with Gasteiger partial charge in [-0.05, 0) is 19.8 Å². The first kappa shape index (κ1) is 14.9. The number of amides is 1. The average Bonchev–Trinajstić information content (AvgIpc) is 2.28. The van der Waals surface area contributed by atoms with Crippen molar-refractivity contribution in [2.75, 3.05) is 19.8 Å². The second-order valence-electron chi connectivity index (χ2n) is 4.78. The van der Waals surface area contributed by atoms with Crippen molar-refractivity contribution in [2.24, 2.45) is 5.73 Å². The van der Waals surface area contributed by atoms with E-state index in [2.05, 4.69) is 0 Å². The number of carbonyl (C=O) groups excluding carboxylic acids is 1. The Balaban J connectivity index is 2.44. The zero-order valence-electron chi connectivity index (χ0n) is 10.8. The molecule has 1 rings (SSSR count). The van der Waals surface area contributed by atoms with E-state index in [0.29, 0.717) is 26.2 Å². The van der Waals surface area contributed by atoms with E-state index in [4.69, 9.17) is 15.6 Å². The third kappa shape index (κ3) is 5.01. The van der Waals surface area contributed by atoms with E-state index in [1.54, 1.807) is 4.90 Å². The number of morpholine rings is 1. The number of carboxylic acid groups (broad SMARTS) is 1. The predicted octanol–water partition coefficient (Wildman–Crippen LogP) is 0.206. The summed E-state index contributed by atoms with van der Waals surface area (Å²) in [5.41, 5.74) is 5.63. The number of nitrogens with zero attached hydrogens (tertiary/aromatic N) is 1. The molecule has 2 atom stereocenters. The van der Waals surface area contributed by atoms with Gasteiger partial charge in [-0.3, -0.25) is 9.59 Å². The summed E-state index contributed by atoms with van der Waals surface area (Å²) in [4.78, 5) is 24.4. The molecular formula is C12H22N2O4. The maximum Gasteiger partial charge on any atom is 0.305 e. The fraction of sp³-hybridized carbons (Fsp3) is 0.833. The molecule has 0 radical (unpaired) electrons. The van der Waals surface area contributed by atoms with Crippen molar-refractivity contribution in [3.05, 3.63) is 0 Å². The summed E-state index contributed by atoms with van der Waals surface area (Å²) in [6.45, 7) is 3.18. The minimum absolute atomic E-state index is 0.00481. The molecule has 104 valence electrons. The van der Waals surface area contributed by atoms with E-state index in [0.717, 1.165) is 12.8 Å². The van der Waals surface area contributed by atoms with Crippen molar-refractivity contribution in [1.29, 1.82) is 0 Å². The largest absolute Gasteiger partial charge is 0.481 e. The van der Waals surface area contributed by atoms with Crippen molar-refractivity contribution in [2.45, 2.75) is 44.7 Å². The molecule has 1 fully saturated rings. The van der Waals surface area contributed by atoms with Crippen LogP contribution in [0.5, 0.6) is 0 Å². The number of ether oxygens (including phenoxy) is 1. The molecule has 3 N–H and O–H groups in total. The van der Waals surface area contributed by atoms with Crippen LogP contribution in [0.1, 0.15) is 32.6 Å². The molecule has 0 spiro atoms. The van der Waals surface area contributed by atoms with Gasteiger partial charge in [0.2, 0.25) is 5.91 Å². The molecule has 1 amide bonds. The third-order valence-corrected chi connectivity index (χ3v) is 3.01. The molecule has 0 aliphatic carbocycles. The molecule has 0 aromatic carbocycles. The lowest BCUT2D eigenvalue weighted by Gasteiger charge is -2.35. The van der Waals surface area contributed by atoms with Crippen LogP contribution in [0, 0.1) is 0 Å². The molecule has 0 saturated carbocycles. The van der Waals surface area contributed by atoms with Gasteiger partial charge in [0.15, 0.2) is 0 Å². The van der Waals surface area contributed by atoms with Gasteiger partial charge < -0.3 is 20.5 Å². The second-order valence-corrected chi connectivity index (χ2v) is 4.78. The summed E-state index contributed by atoms with van der Waals surface area (Å²) in [5.74, 6) is -0.899. The summed E-state index contributed by atoms with van der Waals surface area (Å²) in [6, 6.07) is -0.239. The highest BCUT2D eigenvalue weighted by atomic mass is 16.5. The molecule has 0 bridgehead atoms. The van der Waals surface area contributed by atoms with Gasteiger partial charge in [-0.25, -0.2) is 0 Å². The molecule has 0 aromatic heterocycles. The van der Waals surface area contributed by atoms with E-state index in [1.807, 2.05) is 6.92 Å². The first-order valence-electron chi connectivity index (χ1n) is 6.35. The van der Waals surface area contributed by atoms with Gasteiger partial charge in [0, 0.05) is 19.0 Å². The van der Waals surface area contributed by atoms with Crippen LogP contribution in [0.2, 0.25) is 0 Å². The number of rotatable bonds is 6. The highest BCUT2D eigenvalue weighted by Crippen LogP contribution is 2.13. The summed E-state index contributed by atoms with van der Waals surface area (Å²) in [6.07, 6.45) is 1.92. The van der Waals surface area contributed by atoms with Crippen LogP contribution in [0.4, 0.5) is 0 Å². The lowest BCUT2D eigenvalue weighted by Crippen LogP contribution is -2.49. The molecule has 1 aliphatic heterocycles. The van der Waals surface area contributed by atoms with E-state index < -0.39 is 5.97 Å². The molecule has 1 heterocycles. The standard InChI is InChI=1S/C12H22N2O4/c1-9(13)3-2-4-11(15)14-5-6-18-8-10(14)7-12(16)17/h9-10H,2-8,13H2,1H3,(H,16,17). The fourth-order valence-electron chi connectivity index (χ4n) is 2.07. The topological polar surface area (TPSA) is 92.9 Å². The SMILES string of the molecule is CC(N)CCCC(=O)N1CCOCC1CC(=O)O. The van der Waals surface area contributed by atoms with Gasteiger partial charge in [0.05, 0.1) is 25.7 Å². The van der Waals surface area contributed by atoms with Gasteiger partial charge in [-0.1, -0.05) is 0 Å². The molecule has 2 unspecified atom stereocenters. The summed E-state index contributed by atoms with van der Waals surface area (Å²) >= 11 is 0. The van der Waals surface area contributed by atoms with E-state index >= 15 is 0 Å². The van der Waals surface area contributed by atoms with E-state index in [-0.39, 0.29) is 24.4 Å². The minimum Gasteiger partial charge on any atom is -0.481 e. The molecular weight excluding hydrogens is 236 g/mol. The van der Waals surface area contributed by atoms with Crippen LogP contribution in [0.15, 0.2) is 0 Å². The molecule has 6 heteroatoms. The minimum atomic E-state index is -0.904. The van der Waals surface area contributed by atoms with Gasteiger partial charge in [0.25, 0.3) is 0 Å². The van der Waals surface area contributed by atoms with Gasteiger partial charge >= 0.3 is 5.97 Å². The Morgan fingerprint density at radius 2 is 2.28 bits per heavy atom. The number of aliphatic carboxylic acids is 1. The first-order chi connectivity index (χ1) is 8.50. The summed E-state index contributed by atoms with van der Waals surface area (Å²) in [5, 5.41) is 8.80. The van der Waals surface area contributed by atoms with Crippen molar-refractivity contribution >= 4 is 11.9 Å². The van der Waals surface area contributed by atoms with Gasteiger partial charge in [0.1, 0.15) is 0 Å². The van der Waals surface area contributed by atoms with Crippen molar-refractivity contribution in [1.82, 2.24) is 4.90 Å². The lowest BCUT2D eigenvalue weighted by atomic mass is 10.1.